The molecule has 194 valence electrons. The topological polar surface area (TPSA) is 114 Å². The minimum atomic E-state index is -1.23. The number of hydrogen-bond donors (Lipinski definition) is 2. The highest BCUT2D eigenvalue weighted by Gasteiger charge is 2.33. The molecule has 0 amide bonds. The van der Waals surface area contributed by atoms with Crippen molar-refractivity contribution in [3.63, 3.8) is 0 Å². The molecule has 0 spiro atoms. The standard InChI is InChI=1S/C32H25NO6/c1-15-9-21-24(11-17(15)3)38-31(36)27(29(21)34)26(20-13-19-7-5-6-8-23(19)33-14-20)28-30(35)22-10-16(2)18(4)12-25(22)39-32(28)37/h5-14,26,34-35H,1-4H3. The summed E-state index contributed by atoms with van der Waals surface area (Å²) in [5.74, 6) is -1.89. The van der Waals surface area contributed by atoms with Crippen LogP contribution in [0, 0.1) is 27.7 Å². The normalized spacial score (nSPS) is 11.7. The molecule has 6 rings (SSSR count). The van der Waals surface area contributed by atoms with Crippen molar-refractivity contribution < 1.29 is 19.0 Å². The molecular formula is C32H25NO6. The number of aromatic nitrogens is 1. The van der Waals surface area contributed by atoms with Crippen molar-refractivity contribution in [1.82, 2.24) is 4.98 Å². The smallest absolute Gasteiger partial charge is 0.344 e. The van der Waals surface area contributed by atoms with Crippen LogP contribution in [0.2, 0.25) is 0 Å². The molecule has 0 saturated heterocycles. The lowest BCUT2D eigenvalue weighted by molar-refractivity contribution is 0.441. The van der Waals surface area contributed by atoms with Crippen LogP contribution in [0.1, 0.15) is 44.9 Å². The second kappa shape index (κ2) is 8.84. The molecule has 0 bridgehead atoms. The van der Waals surface area contributed by atoms with Gasteiger partial charge >= 0.3 is 11.3 Å². The summed E-state index contributed by atoms with van der Waals surface area (Å²) in [6.07, 6.45) is 1.53. The molecule has 3 aromatic heterocycles. The second-order valence-electron chi connectivity index (χ2n) is 10.1. The molecule has 0 aliphatic rings. The zero-order chi connectivity index (χ0) is 27.6. The summed E-state index contributed by atoms with van der Waals surface area (Å²) < 4.78 is 11.3. The largest absolute Gasteiger partial charge is 0.507 e. The SMILES string of the molecule is Cc1cc2oc(=O)c(C(c3cnc4ccccc4c3)c3c(O)c4cc(C)c(C)cc4oc3=O)c(O)c2cc1C. The average Bonchev–Trinajstić information content (AvgIpc) is 2.90. The minimum Gasteiger partial charge on any atom is -0.507 e. The summed E-state index contributed by atoms with van der Waals surface area (Å²) in [7, 11) is 0. The van der Waals surface area contributed by atoms with Crippen LogP contribution < -0.4 is 11.3 Å². The summed E-state index contributed by atoms with van der Waals surface area (Å²) in [6, 6.07) is 16.0. The zero-order valence-electron chi connectivity index (χ0n) is 21.8. The predicted molar refractivity (Wildman–Crippen MR) is 150 cm³/mol. The van der Waals surface area contributed by atoms with Crippen LogP contribution in [0.15, 0.2) is 79.2 Å². The molecule has 2 N–H and O–H groups in total. The number of nitrogens with zero attached hydrogens (tertiary/aromatic N) is 1. The Bertz CT molecular complexity index is 1980. The van der Waals surface area contributed by atoms with Gasteiger partial charge in [0.15, 0.2) is 0 Å². The Kier molecular flexibility index (Phi) is 5.54. The van der Waals surface area contributed by atoms with Crippen LogP contribution in [0.4, 0.5) is 0 Å². The molecule has 0 radical (unpaired) electrons. The van der Waals surface area contributed by atoms with Gasteiger partial charge in [0.2, 0.25) is 0 Å². The van der Waals surface area contributed by atoms with E-state index in [1.165, 1.54) is 6.20 Å². The van der Waals surface area contributed by atoms with E-state index in [4.69, 9.17) is 8.83 Å². The molecule has 7 nitrogen and oxygen atoms in total. The van der Waals surface area contributed by atoms with Crippen molar-refractivity contribution in [2.24, 2.45) is 0 Å². The lowest BCUT2D eigenvalue weighted by Gasteiger charge is -2.20. The van der Waals surface area contributed by atoms with Crippen LogP contribution in [0.3, 0.4) is 0 Å². The Morgan fingerprint density at radius 2 is 1.18 bits per heavy atom. The predicted octanol–water partition coefficient (Wildman–Crippen LogP) is 6.27. The molecule has 3 heterocycles. The summed E-state index contributed by atoms with van der Waals surface area (Å²) in [5.41, 5.74) is 3.09. The fourth-order valence-corrected chi connectivity index (χ4v) is 5.14. The first-order valence-corrected chi connectivity index (χ1v) is 12.5. The van der Waals surface area contributed by atoms with E-state index < -0.39 is 17.2 Å². The lowest BCUT2D eigenvalue weighted by atomic mass is 9.84. The third-order valence-corrected chi connectivity index (χ3v) is 7.58. The van der Waals surface area contributed by atoms with Crippen molar-refractivity contribution in [2.75, 3.05) is 0 Å². The van der Waals surface area contributed by atoms with E-state index in [0.29, 0.717) is 21.9 Å². The Hall–Kier alpha value is -4.91. The third kappa shape index (κ3) is 3.85. The van der Waals surface area contributed by atoms with Crippen LogP contribution >= 0.6 is 0 Å². The van der Waals surface area contributed by atoms with Gasteiger partial charge in [0, 0.05) is 11.6 Å². The van der Waals surface area contributed by atoms with E-state index in [0.717, 1.165) is 27.6 Å². The number of fused-ring (bicyclic) bond motifs is 3. The number of rotatable bonds is 3. The highest BCUT2D eigenvalue weighted by Crippen LogP contribution is 2.43. The minimum absolute atomic E-state index is 0.186. The number of aromatic hydroxyl groups is 2. The zero-order valence-corrected chi connectivity index (χ0v) is 21.8. The number of para-hydroxylation sites is 1. The summed E-state index contributed by atoms with van der Waals surface area (Å²) in [6.45, 7) is 7.53. The van der Waals surface area contributed by atoms with Crippen LogP contribution in [0.5, 0.6) is 11.5 Å². The first kappa shape index (κ1) is 24.4. The van der Waals surface area contributed by atoms with Crippen molar-refractivity contribution in [2.45, 2.75) is 33.6 Å². The van der Waals surface area contributed by atoms with Gasteiger partial charge in [-0.2, -0.15) is 0 Å². The fourth-order valence-electron chi connectivity index (χ4n) is 5.14. The van der Waals surface area contributed by atoms with Crippen molar-refractivity contribution >= 4 is 32.8 Å². The highest BCUT2D eigenvalue weighted by atomic mass is 16.4. The van der Waals surface area contributed by atoms with E-state index >= 15 is 0 Å². The quantitative estimate of drug-likeness (QED) is 0.265. The Morgan fingerprint density at radius 1 is 0.692 bits per heavy atom. The van der Waals surface area contributed by atoms with Crippen LogP contribution in [-0.2, 0) is 0 Å². The molecule has 0 unspecified atom stereocenters. The van der Waals surface area contributed by atoms with Crippen LogP contribution in [-0.4, -0.2) is 15.2 Å². The fraction of sp³-hybridized carbons (Fsp3) is 0.156. The van der Waals surface area contributed by atoms with Gasteiger partial charge in [-0.3, -0.25) is 4.98 Å². The van der Waals surface area contributed by atoms with Gasteiger partial charge in [-0.1, -0.05) is 18.2 Å². The van der Waals surface area contributed by atoms with Gasteiger partial charge in [0.25, 0.3) is 0 Å². The van der Waals surface area contributed by atoms with Gasteiger partial charge in [0.05, 0.1) is 33.3 Å². The maximum atomic E-state index is 13.5. The molecule has 0 atom stereocenters. The first-order valence-electron chi connectivity index (χ1n) is 12.5. The van der Waals surface area contributed by atoms with Crippen LogP contribution in [0.25, 0.3) is 32.8 Å². The monoisotopic (exact) mass is 519 g/mol. The van der Waals surface area contributed by atoms with Gasteiger partial charge in [0.1, 0.15) is 22.7 Å². The van der Waals surface area contributed by atoms with Crippen molar-refractivity contribution in [3.8, 4) is 11.5 Å². The molecule has 6 aromatic rings. The maximum absolute atomic E-state index is 13.5. The molecule has 0 aliphatic carbocycles. The van der Waals surface area contributed by atoms with Crippen molar-refractivity contribution in [1.29, 1.82) is 0 Å². The van der Waals surface area contributed by atoms with Gasteiger partial charge in [-0.15, -0.1) is 0 Å². The molecule has 7 heteroatoms. The molecular weight excluding hydrogens is 494 g/mol. The summed E-state index contributed by atoms with van der Waals surface area (Å²) >= 11 is 0. The van der Waals surface area contributed by atoms with E-state index in [2.05, 4.69) is 4.98 Å². The average molecular weight is 520 g/mol. The number of pyridine rings is 1. The van der Waals surface area contributed by atoms with Gasteiger partial charge in [-0.05, 0) is 91.9 Å². The Morgan fingerprint density at radius 3 is 1.72 bits per heavy atom. The molecule has 0 fully saturated rings. The van der Waals surface area contributed by atoms with Gasteiger partial charge in [-0.25, -0.2) is 9.59 Å². The number of aryl methyl sites for hydroxylation is 4. The molecule has 3 aromatic carbocycles. The van der Waals surface area contributed by atoms with E-state index in [1.54, 1.807) is 30.3 Å². The molecule has 39 heavy (non-hydrogen) atoms. The first-order chi connectivity index (χ1) is 18.6. The summed E-state index contributed by atoms with van der Waals surface area (Å²) in [5, 5.41) is 24.5. The van der Waals surface area contributed by atoms with Gasteiger partial charge < -0.3 is 19.0 Å². The third-order valence-electron chi connectivity index (χ3n) is 7.58. The van der Waals surface area contributed by atoms with Crippen molar-refractivity contribution in [3.05, 3.63) is 121 Å². The molecule has 0 saturated carbocycles. The number of benzene rings is 3. The summed E-state index contributed by atoms with van der Waals surface area (Å²) in [4.78, 5) is 31.6. The highest BCUT2D eigenvalue weighted by molar-refractivity contribution is 5.89. The Balaban J connectivity index is 1.74. The number of hydrogen-bond acceptors (Lipinski definition) is 7. The van der Waals surface area contributed by atoms with E-state index in [-0.39, 0.29) is 33.8 Å². The molecule has 0 aliphatic heterocycles. The Labute approximate surface area is 222 Å². The second-order valence-corrected chi connectivity index (χ2v) is 10.1. The lowest BCUT2D eigenvalue weighted by Crippen LogP contribution is -2.21. The maximum Gasteiger partial charge on any atom is 0.344 e. The van der Waals surface area contributed by atoms with E-state index in [9.17, 15) is 19.8 Å². The van der Waals surface area contributed by atoms with E-state index in [1.807, 2.05) is 52.0 Å².